The van der Waals surface area contributed by atoms with E-state index in [-0.39, 0.29) is 29.1 Å². The maximum Gasteiger partial charge on any atom is 0.303 e. The number of aliphatic carboxylic acids is 1. The van der Waals surface area contributed by atoms with E-state index in [9.17, 15) is 14.4 Å². The van der Waals surface area contributed by atoms with Gasteiger partial charge < -0.3 is 5.11 Å². The van der Waals surface area contributed by atoms with Gasteiger partial charge in [0, 0.05) is 25.2 Å². The Labute approximate surface area is 180 Å². The van der Waals surface area contributed by atoms with E-state index in [1.54, 1.807) is 0 Å². The number of carboxylic acids is 1. The van der Waals surface area contributed by atoms with Crippen LogP contribution in [0.2, 0.25) is 0 Å². The van der Waals surface area contributed by atoms with Crippen LogP contribution in [0.3, 0.4) is 0 Å². The quantitative estimate of drug-likeness (QED) is 0.621. The van der Waals surface area contributed by atoms with Gasteiger partial charge in [0.05, 0.1) is 0 Å². The van der Waals surface area contributed by atoms with E-state index in [1.165, 1.54) is 0 Å². The van der Waals surface area contributed by atoms with Crippen LogP contribution in [-0.2, 0) is 14.4 Å². The van der Waals surface area contributed by atoms with Crippen LogP contribution in [0.25, 0.3) is 0 Å². The van der Waals surface area contributed by atoms with Gasteiger partial charge in [-0.25, -0.2) is 0 Å². The summed E-state index contributed by atoms with van der Waals surface area (Å²) in [6.45, 7) is 8.95. The Morgan fingerprint density at radius 2 is 1.83 bits per heavy atom. The molecule has 1 N–H and O–H groups in total. The summed E-state index contributed by atoms with van der Waals surface area (Å²) < 4.78 is 0. The molecule has 0 aliphatic heterocycles. The molecule has 0 radical (unpaired) electrons. The SMILES string of the molecule is C/C=C1\C(=O)C2C3CCC([C@H](C)CCC(=O)O)[C@@]3(C)CCC2[C@@]2(C)CCC(=O)C[C@@H]12. The van der Waals surface area contributed by atoms with Gasteiger partial charge in [0.2, 0.25) is 0 Å². The van der Waals surface area contributed by atoms with Crippen molar-refractivity contribution in [1.82, 2.24) is 0 Å². The lowest BCUT2D eigenvalue weighted by atomic mass is 9.43. The zero-order valence-electron chi connectivity index (χ0n) is 19.1. The molecule has 30 heavy (non-hydrogen) atoms. The number of carboxylic acid groups (broad SMARTS) is 1. The number of ketones is 2. The average Bonchev–Trinajstić information content (AvgIpc) is 3.05. The van der Waals surface area contributed by atoms with Gasteiger partial charge >= 0.3 is 5.97 Å². The normalized spacial score (nSPS) is 45.6. The van der Waals surface area contributed by atoms with Crippen LogP contribution in [0.15, 0.2) is 11.6 Å². The number of carbonyl (C=O) groups excluding carboxylic acids is 2. The van der Waals surface area contributed by atoms with Crippen molar-refractivity contribution < 1.29 is 19.5 Å². The van der Waals surface area contributed by atoms with E-state index in [4.69, 9.17) is 5.11 Å². The summed E-state index contributed by atoms with van der Waals surface area (Å²) >= 11 is 0. The van der Waals surface area contributed by atoms with Gasteiger partial charge in [0.15, 0.2) is 5.78 Å². The highest BCUT2D eigenvalue weighted by Gasteiger charge is 2.64. The van der Waals surface area contributed by atoms with Crippen LogP contribution in [0.1, 0.15) is 85.5 Å². The number of hydrogen-bond acceptors (Lipinski definition) is 3. The van der Waals surface area contributed by atoms with Crippen molar-refractivity contribution in [1.29, 1.82) is 0 Å². The molecule has 4 aliphatic rings. The molecular formula is C26H38O4. The summed E-state index contributed by atoms with van der Waals surface area (Å²) in [5.41, 5.74) is 1.11. The van der Waals surface area contributed by atoms with Gasteiger partial charge in [0.25, 0.3) is 0 Å². The first kappa shape index (κ1) is 21.8. The maximum absolute atomic E-state index is 13.8. The molecule has 0 saturated heterocycles. The van der Waals surface area contributed by atoms with Gasteiger partial charge in [-0.15, -0.1) is 0 Å². The van der Waals surface area contributed by atoms with Crippen molar-refractivity contribution >= 4 is 17.5 Å². The molecular weight excluding hydrogens is 376 g/mol. The van der Waals surface area contributed by atoms with Gasteiger partial charge in [-0.2, -0.15) is 0 Å². The molecule has 0 spiro atoms. The number of allylic oxidation sites excluding steroid dienone is 2. The van der Waals surface area contributed by atoms with Gasteiger partial charge in [-0.1, -0.05) is 26.8 Å². The Morgan fingerprint density at radius 1 is 1.13 bits per heavy atom. The summed E-state index contributed by atoms with van der Waals surface area (Å²) in [5.74, 6) is 1.79. The van der Waals surface area contributed by atoms with E-state index >= 15 is 0 Å². The molecule has 8 atom stereocenters. The molecule has 4 saturated carbocycles. The van der Waals surface area contributed by atoms with Crippen molar-refractivity contribution in [2.45, 2.75) is 85.5 Å². The lowest BCUT2D eigenvalue weighted by molar-refractivity contribution is -0.149. The first-order chi connectivity index (χ1) is 14.1. The summed E-state index contributed by atoms with van der Waals surface area (Å²) in [6.07, 6.45) is 9.51. The minimum Gasteiger partial charge on any atom is -0.481 e. The molecule has 166 valence electrons. The predicted molar refractivity (Wildman–Crippen MR) is 116 cm³/mol. The Bertz CT molecular complexity index is 782. The third-order valence-corrected chi connectivity index (χ3v) is 10.1. The minimum atomic E-state index is -0.712. The number of carbonyl (C=O) groups is 3. The second-order valence-electron chi connectivity index (χ2n) is 11.3. The lowest BCUT2D eigenvalue weighted by Crippen LogP contribution is -2.58. The molecule has 0 bridgehead atoms. The van der Waals surface area contributed by atoms with Crippen molar-refractivity contribution in [3.8, 4) is 0 Å². The molecule has 0 aromatic carbocycles. The van der Waals surface area contributed by atoms with E-state index in [1.807, 2.05) is 13.0 Å². The van der Waals surface area contributed by atoms with E-state index in [0.29, 0.717) is 48.1 Å². The van der Waals surface area contributed by atoms with Crippen LogP contribution >= 0.6 is 0 Å². The average molecular weight is 415 g/mol. The zero-order chi connectivity index (χ0) is 21.8. The van der Waals surface area contributed by atoms with Crippen LogP contribution in [0.4, 0.5) is 0 Å². The third kappa shape index (κ3) is 3.12. The highest BCUT2D eigenvalue weighted by Crippen LogP contribution is 2.68. The predicted octanol–water partition coefficient (Wildman–Crippen LogP) is 5.45. The van der Waals surface area contributed by atoms with E-state index in [2.05, 4.69) is 20.8 Å². The number of Topliss-reactive ketones (excluding diaryl/α,β-unsaturated/α-hetero) is 2. The Morgan fingerprint density at radius 3 is 2.50 bits per heavy atom. The molecule has 4 unspecified atom stereocenters. The number of rotatable bonds is 4. The summed E-state index contributed by atoms with van der Waals surface area (Å²) in [5, 5.41) is 9.13. The fraction of sp³-hybridized carbons (Fsp3) is 0.808. The maximum atomic E-state index is 13.8. The topological polar surface area (TPSA) is 71.4 Å². The molecule has 0 amide bonds. The number of fused-ring (bicyclic) bond motifs is 5. The summed E-state index contributed by atoms with van der Waals surface area (Å²) in [6, 6.07) is 0. The highest BCUT2D eigenvalue weighted by atomic mass is 16.4. The molecule has 0 aromatic rings. The molecule has 4 nitrogen and oxygen atoms in total. The Kier molecular flexibility index (Phi) is 5.51. The van der Waals surface area contributed by atoms with E-state index < -0.39 is 5.97 Å². The molecule has 0 aromatic heterocycles. The molecule has 4 fully saturated rings. The van der Waals surface area contributed by atoms with Crippen molar-refractivity contribution in [2.75, 3.05) is 0 Å². The molecule has 4 aliphatic carbocycles. The Balaban J connectivity index is 1.65. The molecule has 4 heteroatoms. The van der Waals surface area contributed by atoms with Crippen LogP contribution in [0.5, 0.6) is 0 Å². The second-order valence-corrected chi connectivity index (χ2v) is 11.3. The largest absolute Gasteiger partial charge is 0.481 e. The zero-order valence-corrected chi connectivity index (χ0v) is 19.1. The van der Waals surface area contributed by atoms with Crippen LogP contribution in [0, 0.1) is 46.3 Å². The van der Waals surface area contributed by atoms with Crippen molar-refractivity contribution in [2.24, 2.45) is 46.3 Å². The fourth-order valence-electron chi connectivity index (χ4n) is 8.54. The Hall–Kier alpha value is -1.45. The van der Waals surface area contributed by atoms with Gasteiger partial charge in [0.1, 0.15) is 5.78 Å². The first-order valence-electron chi connectivity index (χ1n) is 12.1. The summed E-state index contributed by atoms with van der Waals surface area (Å²) in [4.78, 5) is 37.2. The van der Waals surface area contributed by atoms with Crippen molar-refractivity contribution in [3.05, 3.63) is 11.6 Å². The first-order valence-corrected chi connectivity index (χ1v) is 12.1. The molecule has 4 rings (SSSR count). The van der Waals surface area contributed by atoms with E-state index in [0.717, 1.165) is 44.1 Å². The van der Waals surface area contributed by atoms with Crippen LogP contribution < -0.4 is 0 Å². The van der Waals surface area contributed by atoms with Gasteiger partial charge in [-0.3, -0.25) is 14.4 Å². The third-order valence-electron chi connectivity index (χ3n) is 10.1. The molecule has 0 heterocycles. The van der Waals surface area contributed by atoms with Gasteiger partial charge in [-0.05, 0) is 91.4 Å². The lowest BCUT2D eigenvalue weighted by Gasteiger charge is -2.60. The highest BCUT2D eigenvalue weighted by molar-refractivity contribution is 6.00. The fourth-order valence-corrected chi connectivity index (χ4v) is 8.54. The minimum absolute atomic E-state index is 0.0582. The standard InChI is InChI=1S/C26H38O4/c1-5-17-21-14-16(27)10-12-26(21,4)20-11-13-25(3)18(15(2)6-9-22(28)29)7-8-19(25)23(20)24(17)30/h5,15,18-21,23H,6-14H2,1-4H3,(H,28,29)/b17-5-/t15-,18?,19?,20?,21+,23?,25-,26-/m1/s1. The van der Waals surface area contributed by atoms with Crippen molar-refractivity contribution in [3.63, 3.8) is 0 Å². The smallest absolute Gasteiger partial charge is 0.303 e. The second kappa shape index (κ2) is 7.60. The monoisotopic (exact) mass is 414 g/mol. The summed E-state index contributed by atoms with van der Waals surface area (Å²) in [7, 11) is 0. The van der Waals surface area contributed by atoms with Crippen LogP contribution in [-0.4, -0.2) is 22.6 Å². The number of hydrogen-bond donors (Lipinski definition) is 1.